The van der Waals surface area contributed by atoms with Crippen LogP contribution in [0.2, 0.25) is 10.0 Å². The summed E-state index contributed by atoms with van der Waals surface area (Å²) in [6.45, 7) is 4.25. The first-order valence-electron chi connectivity index (χ1n) is 11.6. The molecule has 8 heteroatoms. The Morgan fingerprint density at radius 2 is 1.67 bits per heavy atom. The predicted octanol–water partition coefficient (Wildman–Crippen LogP) is 4.54. The van der Waals surface area contributed by atoms with Crippen LogP contribution in [0.5, 0.6) is 0 Å². The number of piperidine rings is 2. The second kappa shape index (κ2) is 10.9. The number of carbonyl (C=O) groups is 1. The van der Waals surface area contributed by atoms with Crippen LogP contribution in [0.4, 0.5) is 5.82 Å². The van der Waals surface area contributed by atoms with E-state index in [-0.39, 0.29) is 5.92 Å². The first-order chi connectivity index (χ1) is 15.9. The van der Waals surface area contributed by atoms with Crippen LogP contribution >= 0.6 is 23.2 Å². The van der Waals surface area contributed by atoms with E-state index in [0.29, 0.717) is 27.7 Å². The van der Waals surface area contributed by atoms with E-state index >= 15 is 0 Å². The minimum absolute atomic E-state index is 0.117. The number of hydrogen-bond acceptors (Lipinski definition) is 5. The van der Waals surface area contributed by atoms with Crippen molar-refractivity contribution in [2.24, 2.45) is 16.8 Å². The van der Waals surface area contributed by atoms with Crippen molar-refractivity contribution >= 4 is 40.6 Å². The number of aromatic nitrogens is 1. The molecule has 1 aromatic heterocycles. The van der Waals surface area contributed by atoms with E-state index in [1.54, 1.807) is 12.3 Å². The SMILES string of the molecule is C/N=C(\c1cc(Cl)cc(Cl)c1)C1CCN(C(=O)C2CCN(Cc3ccnc(N)c3)CC2)CC1. The third-order valence-electron chi connectivity index (χ3n) is 6.78. The zero-order valence-corrected chi connectivity index (χ0v) is 20.5. The third kappa shape index (κ3) is 6.05. The smallest absolute Gasteiger partial charge is 0.225 e. The molecule has 4 rings (SSSR count). The fourth-order valence-electron chi connectivity index (χ4n) is 5.07. The molecule has 2 aliphatic heterocycles. The first kappa shape index (κ1) is 24.0. The Hall–Kier alpha value is -2.15. The lowest BCUT2D eigenvalue weighted by molar-refractivity contribution is -0.138. The molecule has 2 saturated heterocycles. The Balaban J connectivity index is 1.28. The Morgan fingerprint density at radius 1 is 1.03 bits per heavy atom. The molecule has 176 valence electrons. The van der Waals surface area contributed by atoms with Gasteiger partial charge in [-0.2, -0.15) is 0 Å². The Bertz CT molecular complexity index is 991. The summed E-state index contributed by atoms with van der Waals surface area (Å²) in [5, 5.41) is 1.23. The number of benzene rings is 1. The topological polar surface area (TPSA) is 74.8 Å². The van der Waals surface area contributed by atoms with Gasteiger partial charge in [-0.05, 0) is 80.2 Å². The van der Waals surface area contributed by atoms with Crippen LogP contribution in [0.1, 0.15) is 36.8 Å². The average Bonchev–Trinajstić information content (AvgIpc) is 2.79. The van der Waals surface area contributed by atoms with Gasteiger partial charge in [-0.25, -0.2) is 4.98 Å². The fourth-order valence-corrected chi connectivity index (χ4v) is 5.60. The van der Waals surface area contributed by atoms with Crippen molar-refractivity contribution in [1.29, 1.82) is 0 Å². The number of nitrogens with two attached hydrogens (primary N) is 1. The van der Waals surface area contributed by atoms with Gasteiger partial charge in [0.1, 0.15) is 5.82 Å². The molecule has 0 radical (unpaired) electrons. The molecule has 2 aromatic rings. The van der Waals surface area contributed by atoms with Crippen LogP contribution in [0.3, 0.4) is 0 Å². The van der Waals surface area contributed by atoms with Gasteiger partial charge in [0, 0.05) is 60.5 Å². The van der Waals surface area contributed by atoms with Gasteiger partial charge in [-0.3, -0.25) is 14.7 Å². The molecule has 2 aliphatic rings. The summed E-state index contributed by atoms with van der Waals surface area (Å²) in [4.78, 5) is 26.2. The highest BCUT2D eigenvalue weighted by molar-refractivity contribution is 6.35. The van der Waals surface area contributed by atoms with Gasteiger partial charge in [0.25, 0.3) is 0 Å². The number of hydrogen-bond donors (Lipinski definition) is 1. The zero-order valence-electron chi connectivity index (χ0n) is 19.0. The number of halogens is 2. The maximum Gasteiger partial charge on any atom is 0.225 e. The van der Waals surface area contributed by atoms with Crippen LogP contribution in [-0.2, 0) is 11.3 Å². The number of nitrogens with zero attached hydrogens (tertiary/aromatic N) is 4. The maximum atomic E-state index is 13.2. The summed E-state index contributed by atoms with van der Waals surface area (Å²) >= 11 is 12.4. The summed E-state index contributed by atoms with van der Waals surface area (Å²) in [6, 6.07) is 9.50. The van der Waals surface area contributed by atoms with Gasteiger partial charge in [0.2, 0.25) is 5.91 Å². The molecule has 2 N–H and O–H groups in total. The van der Waals surface area contributed by atoms with Gasteiger partial charge in [0.05, 0.1) is 0 Å². The van der Waals surface area contributed by atoms with Crippen molar-refractivity contribution in [1.82, 2.24) is 14.8 Å². The normalized spacial score (nSPS) is 19.1. The highest BCUT2D eigenvalue weighted by Crippen LogP contribution is 2.28. The number of rotatable bonds is 5. The number of amides is 1. The van der Waals surface area contributed by atoms with Crippen molar-refractivity contribution < 1.29 is 4.79 Å². The maximum absolute atomic E-state index is 13.2. The summed E-state index contributed by atoms with van der Waals surface area (Å²) in [7, 11) is 1.82. The first-order valence-corrected chi connectivity index (χ1v) is 12.3. The average molecular weight is 488 g/mol. The summed E-state index contributed by atoms with van der Waals surface area (Å²) in [6.07, 6.45) is 5.37. The minimum atomic E-state index is 0.117. The van der Waals surface area contributed by atoms with Gasteiger partial charge >= 0.3 is 0 Å². The molecule has 3 heterocycles. The molecular formula is C25H31Cl2N5O. The zero-order chi connectivity index (χ0) is 23.4. The second-order valence-corrected chi connectivity index (χ2v) is 9.88. The number of pyridine rings is 1. The quantitative estimate of drug-likeness (QED) is 0.628. The van der Waals surface area contributed by atoms with Gasteiger partial charge in [-0.15, -0.1) is 0 Å². The van der Waals surface area contributed by atoms with Crippen LogP contribution in [0, 0.1) is 11.8 Å². The summed E-state index contributed by atoms with van der Waals surface area (Å²) in [5.74, 6) is 1.28. The summed E-state index contributed by atoms with van der Waals surface area (Å²) in [5.41, 5.74) is 8.96. The lowest BCUT2D eigenvalue weighted by atomic mass is 9.87. The molecule has 0 aliphatic carbocycles. The fraction of sp³-hybridized carbons (Fsp3) is 0.480. The molecule has 33 heavy (non-hydrogen) atoms. The molecule has 0 bridgehead atoms. The number of aliphatic imine (C=N–C) groups is 1. The highest BCUT2D eigenvalue weighted by atomic mass is 35.5. The van der Waals surface area contributed by atoms with Gasteiger partial charge in [0.15, 0.2) is 0 Å². The second-order valence-electron chi connectivity index (χ2n) is 9.01. The summed E-state index contributed by atoms with van der Waals surface area (Å²) < 4.78 is 0. The van der Waals surface area contributed by atoms with E-state index in [9.17, 15) is 4.79 Å². The molecule has 6 nitrogen and oxygen atoms in total. The van der Waals surface area contributed by atoms with Crippen molar-refractivity contribution in [3.8, 4) is 0 Å². The molecule has 1 aromatic carbocycles. The molecule has 0 atom stereocenters. The van der Waals surface area contributed by atoms with E-state index in [4.69, 9.17) is 28.9 Å². The number of likely N-dealkylation sites (tertiary alicyclic amines) is 2. The van der Waals surface area contributed by atoms with Gasteiger partial charge < -0.3 is 10.6 Å². The van der Waals surface area contributed by atoms with E-state index in [2.05, 4.69) is 19.8 Å². The van der Waals surface area contributed by atoms with Crippen LogP contribution in [-0.4, -0.2) is 59.6 Å². The standard InChI is InChI=1S/C25H31Cl2N5O/c1-29-24(20-13-21(26)15-22(27)14-20)18-5-10-32(11-6-18)25(33)19-3-8-31(9-4-19)16-17-2-7-30-23(28)12-17/h2,7,12-15,18-19H,3-6,8-11,16H2,1H3,(H2,28,30)/b29-24-. The van der Waals surface area contributed by atoms with Crippen molar-refractivity contribution in [3.05, 3.63) is 57.7 Å². The molecular weight excluding hydrogens is 457 g/mol. The van der Waals surface area contributed by atoms with Crippen LogP contribution < -0.4 is 5.73 Å². The Morgan fingerprint density at radius 3 is 2.27 bits per heavy atom. The van der Waals surface area contributed by atoms with E-state index in [0.717, 1.165) is 69.7 Å². The molecule has 2 fully saturated rings. The minimum Gasteiger partial charge on any atom is -0.384 e. The van der Waals surface area contributed by atoms with E-state index in [1.165, 1.54) is 5.56 Å². The molecule has 1 amide bonds. The largest absolute Gasteiger partial charge is 0.384 e. The van der Waals surface area contributed by atoms with Crippen molar-refractivity contribution in [2.45, 2.75) is 32.2 Å². The van der Waals surface area contributed by atoms with E-state index in [1.807, 2.05) is 31.3 Å². The Kier molecular flexibility index (Phi) is 7.89. The van der Waals surface area contributed by atoms with Crippen molar-refractivity contribution in [2.75, 3.05) is 39.0 Å². The molecule has 0 spiro atoms. The van der Waals surface area contributed by atoms with E-state index < -0.39 is 0 Å². The third-order valence-corrected chi connectivity index (χ3v) is 7.22. The predicted molar refractivity (Wildman–Crippen MR) is 135 cm³/mol. The molecule has 0 saturated carbocycles. The lowest BCUT2D eigenvalue weighted by Crippen LogP contribution is -2.46. The van der Waals surface area contributed by atoms with Crippen LogP contribution in [0.25, 0.3) is 0 Å². The highest BCUT2D eigenvalue weighted by Gasteiger charge is 2.32. The number of anilines is 1. The number of carbonyl (C=O) groups excluding carboxylic acids is 1. The number of nitrogen functional groups attached to an aromatic ring is 1. The Labute approximate surface area is 205 Å². The van der Waals surface area contributed by atoms with Crippen molar-refractivity contribution in [3.63, 3.8) is 0 Å². The monoisotopic (exact) mass is 487 g/mol. The van der Waals surface area contributed by atoms with Crippen LogP contribution in [0.15, 0.2) is 41.5 Å². The van der Waals surface area contributed by atoms with Gasteiger partial charge in [-0.1, -0.05) is 23.2 Å². The lowest BCUT2D eigenvalue weighted by Gasteiger charge is -2.37. The molecule has 0 unspecified atom stereocenters.